The molecule has 0 aliphatic rings. The van der Waals surface area contributed by atoms with Gasteiger partial charge in [-0.15, -0.1) is 0 Å². The van der Waals surface area contributed by atoms with E-state index in [1.165, 1.54) is 25.3 Å². The fourth-order valence-electron chi connectivity index (χ4n) is 3.19. The van der Waals surface area contributed by atoms with Crippen molar-refractivity contribution in [3.05, 3.63) is 73.6 Å². The minimum absolute atomic E-state index is 0.0372. The fraction of sp³-hybridized carbons (Fsp3) is 0.286. The van der Waals surface area contributed by atoms with E-state index >= 15 is 0 Å². The molecule has 0 amide bonds. The van der Waals surface area contributed by atoms with Gasteiger partial charge in [0.15, 0.2) is 0 Å². The van der Waals surface area contributed by atoms with Crippen LogP contribution in [-0.4, -0.2) is 12.0 Å². The van der Waals surface area contributed by atoms with Crippen LogP contribution in [0.3, 0.4) is 0 Å². The number of fused-ring (bicyclic) bond motifs is 1. The Labute approximate surface area is 161 Å². The Morgan fingerprint density at radius 1 is 1.11 bits per heavy atom. The van der Waals surface area contributed by atoms with Gasteiger partial charge in [0.05, 0.1) is 12.0 Å². The lowest BCUT2D eigenvalue weighted by atomic mass is 10.0. The van der Waals surface area contributed by atoms with E-state index in [9.17, 15) is 14.9 Å². The summed E-state index contributed by atoms with van der Waals surface area (Å²) in [5, 5.41) is 11.9. The van der Waals surface area contributed by atoms with Crippen molar-refractivity contribution in [2.45, 2.75) is 33.3 Å². The molecule has 7 heteroatoms. The minimum atomic E-state index is -0.464. The Kier molecular flexibility index (Phi) is 5.63. The Morgan fingerprint density at radius 3 is 2.54 bits per heavy atom. The summed E-state index contributed by atoms with van der Waals surface area (Å²) < 4.78 is 16.6. The Bertz CT molecular complexity index is 1090. The standard InChI is InChI=1S/C21H21NO6/c1-4-5-14-11-20(23)28-21-13(2)18(9-7-17(14)21)27-12-15-10-16(22(24)25)6-8-19(15)26-3/h6-11H,4-5,12H2,1-3H3. The highest BCUT2D eigenvalue weighted by Gasteiger charge is 2.15. The third kappa shape index (κ3) is 3.83. The lowest BCUT2D eigenvalue weighted by Crippen LogP contribution is -2.04. The highest BCUT2D eigenvalue weighted by molar-refractivity contribution is 5.85. The molecule has 0 spiro atoms. The van der Waals surface area contributed by atoms with E-state index in [0.29, 0.717) is 28.2 Å². The molecular weight excluding hydrogens is 362 g/mol. The number of nitro benzene ring substituents is 1. The zero-order chi connectivity index (χ0) is 20.3. The van der Waals surface area contributed by atoms with Crippen molar-refractivity contribution in [3.8, 4) is 11.5 Å². The van der Waals surface area contributed by atoms with E-state index in [1.807, 2.05) is 19.1 Å². The summed E-state index contributed by atoms with van der Waals surface area (Å²) in [6.07, 6.45) is 1.70. The van der Waals surface area contributed by atoms with Crippen LogP contribution in [0.5, 0.6) is 11.5 Å². The van der Waals surface area contributed by atoms with Crippen molar-refractivity contribution in [3.63, 3.8) is 0 Å². The number of rotatable bonds is 7. The predicted octanol–water partition coefficient (Wildman–Crippen LogP) is 4.55. The molecule has 0 aliphatic carbocycles. The van der Waals surface area contributed by atoms with Crippen molar-refractivity contribution in [2.75, 3.05) is 7.11 Å². The predicted molar refractivity (Wildman–Crippen MR) is 105 cm³/mol. The first kappa shape index (κ1) is 19.4. The molecule has 0 unspecified atom stereocenters. The average Bonchev–Trinajstić information content (AvgIpc) is 2.68. The van der Waals surface area contributed by atoms with Gasteiger partial charge in [0.2, 0.25) is 0 Å². The maximum absolute atomic E-state index is 11.9. The lowest BCUT2D eigenvalue weighted by molar-refractivity contribution is -0.385. The highest BCUT2D eigenvalue weighted by Crippen LogP contribution is 2.31. The topological polar surface area (TPSA) is 91.8 Å². The average molecular weight is 383 g/mol. The number of ether oxygens (including phenoxy) is 2. The number of methoxy groups -OCH3 is 1. The van der Waals surface area contributed by atoms with Crippen LogP contribution in [0.15, 0.2) is 45.6 Å². The Balaban J connectivity index is 1.96. The molecule has 146 valence electrons. The summed E-state index contributed by atoms with van der Waals surface area (Å²) in [4.78, 5) is 22.5. The zero-order valence-corrected chi connectivity index (χ0v) is 16.0. The number of aryl methyl sites for hydroxylation is 2. The van der Waals surface area contributed by atoms with Gasteiger partial charge in [0.1, 0.15) is 23.7 Å². The van der Waals surface area contributed by atoms with E-state index < -0.39 is 10.5 Å². The molecule has 0 fully saturated rings. The Morgan fingerprint density at radius 2 is 1.86 bits per heavy atom. The molecule has 1 heterocycles. The molecular formula is C21H21NO6. The molecule has 0 aliphatic heterocycles. The first-order valence-corrected chi connectivity index (χ1v) is 8.95. The second-order valence-corrected chi connectivity index (χ2v) is 6.45. The number of nitrogens with zero attached hydrogens (tertiary/aromatic N) is 1. The summed E-state index contributed by atoms with van der Waals surface area (Å²) >= 11 is 0. The van der Waals surface area contributed by atoms with Crippen LogP contribution in [0.4, 0.5) is 5.69 Å². The molecule has 3 rings (SSSR count). The third-order valence-corrected chi connectivity index (χ3v) is 4.57. The molecule has 3 aromatic rings. The van der Waals surface area contributed by atoms with Crippen molar-refractivity contribution in [1.29, 1.82) is 0 Å². The second kappa shape index (κ2) is 8.12. The van der Waals surface area contributed by atoms with Crippen LogP contribution < -0.4 is 15.1 Å². The summed E-state index contributed by atoms with van der Waals surface area (Å²) in [6.45, 7) is 3.95. The van der Waals surface area contributed by atoms with Crippen LogP contribution in [0.1, 0.15) is 30.0 Å². The van der Waals surface area contributed by atoms with Crippen LogP contribution >= 0.6 is 0 Å². The monoisotopic (exact) mass is 383 g/mol. The van der Waals surface area contributed by atoms with Gasteiger partial charge < -0.3 is 13.9 Å². The molecule has 0 saturated carbocycles. The first-order valence-electron chi connectivity index (χ1n) is 8.95. The van der Waals surface area contributed by atoms with Crippen LogP contribution in [0.25, 0.3) is 11.0 Å². The largest absolute Gasteiger partial charge is 0.496 e. The molecule has 0 atom stereocenters. The van der Waals surface area contributed by atoms with E-state index in [0.717, 1.165) is 23.8 Å². The lowest BCUT2D eigenvalue weighted by Gasteiger charge is -2.13. The normalized spacial score (nSPS) is 10.8. The molecule has 0 radical (unpaired) electrons. The van der Waals surface area contributed by atoms with Gasteiger partial charge in [-0.05, 0) is 37.1 Å². The van der Waals surface area contributed by atoms with Gasteiger partial charge in [-0.3, -0.25) is 10.1 Å². The van der Waals surface area contributed by atoms with E-state index in [4.69, 9.17) is 13.9 Å². The fourth-order valence-corrected chi connectivity index (χ4v) is 3.19. The van der Waals surface area contributed by atoms with Crippen molar-refractivity contribution < 1.29 is 18.8 Å². The number of non-ortho nitro benzene ring substituents is 1. The van der Waals surface area contributed by atoms with Gasteiger partial charge >= 0.3 is 5.63 Å². The van der Waals surface area contributed by atoms with E-state index in [-0.39, 0.29) is 12.3 Å². The number of benzene rings is 2. The minimum Gasteiger partial charge on any atom is -0.496 e. The zero-order valence-electron chi connectivity index (χ0n) is 16.0. The summed E-state index contributed by atoms with van der Waals surface area (Å²) in [5.74, 6) is 1.04. The second-order valence-electron chi connectivity index (χ2n) is 6.45. The Hall–Kier alpha value is -3.35. The summed E-state index contributed by atoms with van der Waals surface area (Å²) in [7, 11) is 1.50. The van der Waals surface area contributed by atoms with Crippen molar-refractivity contribution in [2.24, 2.45) is 0 Å². The van der Waals surface area contributed by atoms with Gasteiger partial charge in [-0.2, -0.15) is 0 Å². The summed E-state index contributed by atoms with van der Waals surface area (Å²) in [6, 6.07) is 9.57. The maximum atomic E-state index is 11.9. The molecule has 7 nitrogen and oxygen atoms in total. The van der Waals surface area contributed by atoms with Gasteiger partial charge in [0.25, 0.3) is 5.69 Å². The summed E-state index contributed by atoms with van der Waals surface area (Å²) in [5.41, 5.74) is 2.28. The van der Waals surface area contributed by atoms with Gasteiger partial charge in [0, 0.05) is 34.7 Å². The van der Waals surface area contributed by atoms with Crippen molar-refractivity contribution in [1.82, 2.24) is 0 Å². The SMILES string of the molecule is CCCc1cc(=O)oc2c(C)c(OCc3cc([N+](=O)[O-])ccc3OC)ccc12. The molecule has 2 aromatic carbocycles. The number of nitro groups is 1. The molecule has 1 aromatic heterocycles. The van der Waals surface area contributed by atoms with Crippen LogP contribution in [0, 0.1) is 17.0 Å². The van der Waals surface area contributed by atoms with Crippen molar-refractivity contribution >= 4 is 16.7 Å². The first-order chi connectivity index (χ1) is 13.4. The molecule has 0 N–H and O–H groups in total. The highest BCUT2D eigenvalue weighted by atomic mass is 16.6. The van der Waals surface area contributed by atoms with Crippen LogP contribution in [0.2, 0.25) is 0 Å². The van der Waals surface area contributed by atoms with E-state index in [1.54, 1.807) is 6.07 Å². The maximum Gasteiger partial charge on any atom is 0.336 e. The number of hydrogen-bond acceptors (Lipinski definition) is 6. The number of hydrogen-bond donors (Lipinski definition) is 0. The smallest absolute Gasteiger partial charge is 0.336 e. The molecule has 0 saturated heterocycles. The third-order valence-electron chi connectivity index (χ3n) is 4.57. The van der Waals surface area contributed by atoms with Gasteiger partial charge in [-0.1, -0.05) is 13.3 Å². The van der Waals surface area contributed by atoms with Crippen LogP contribution in [-0.2, 0) is 13.0 Å². The molecule has 0 bridgehead atoms. The van der Waals surface area contributed by atoms with E-state index in [2.05, 4.69) is 6.92 Å². The molecule has 28 heavy (non-hydrogen) atoms. The quantitative estimate of drug-likeness (QED) is 0.338. The van der Waals surface area contributed by atoms with Gasteiger partial charge in [-0.25, -0.2) is 4.79 Å².